The Balaban J connectivity index is 2.43. The number of amides is 1. The largest absolute Gasteiger partial charge is 0.480 e. The van der Waals surface area contributed by atoms with Crippen molar-refractivity contribution in [2.75, 3.05) is 19.6 Å². The highest BCUT2D eigenvalue weighted by Crippen LogP contribution is 2.09. The van der Waals surface area contributed by atoms with Crippen LogP contribution in [0.5, 0.6) is 0 Å². The molecule has 0 saturated carbocycles. The molecule has 5 nitrogen and oxygen atoms in total. The zero-order chi connectivity index (χ0) is 12.0. The van der Waals surface area contributed by atoms with Crippen LogP contribution in [0, 0.1) is 0 Å². The summed E-state index contributed by atoms with van der Waals surface area (Å²) in [6.45, 7) is 0.349. The Kier molecular flexibility index (Phi) is 4.94. The standard InChI is InChI=1S/C10H14N2O3S/c11-9(13)6-12(7-10(14)15)4-3-8-2-1-5-16-8/h1-2,5H,3-4,6-7H2,(H2,11,13)(H,14,15). The number of hydrogen-bond donors (Lipinski definition) is 2. The van der Waals surface area contributed by atoms with E-state index < -0.39 is 11.9 Å². The van der Waals surface area contributed by atoms with Crippen molar-refractivity contribution in [3.05, 3.63) is 22.4 Å². The van der Waals surface area contributed by atoms with Gasteiger partial charge in [0.05, 0.1) is 13.1 Å². The van der Waals surface area contributed by atoms with E-state index in [0.29, 0.717) is 6.54 Å². The van der Waals surface area contributed by atoms with Crippen LogP contribution in [0.2, 0.25) is 0 Å². The van der Waals surface area contributed by atoms with Gasteiger partial charge in [-0.05, 0) is 17.9 Å². The fourth-order valence-corrected chi connectivity index (χ4v) is 2.05. The van der Waals surface area contributed by atoms with Crippen LogP contribution in [0.25, 0.3) is 0 Å². The third-order valence-electron chi connectivity index (χ3n) is 1.99. The Labute approximate surface area is 97.5 Å². The van der Waals surface area contributed by atoms with E-state index in [1.165, 1.54) is 9.78 Å². The second-order valence-corrected chi connectivity index (χ2v) is 4.43. The van der Waals surface area contributed by atoms with E-state index in [2.05, 4.69) is 0 Å². The van der Waals surface area contributed by atoms with Gasteiger partial charge in [0.25, 0.3) is 0 Å². The first-order valence-corrected chi connectivity index (χ1v) is 5.70. The molecule has 88 valence electrons. The number of carbonyl (C=O) groups excluding carboxylic acids is 1. The number of aliphatic carboxylic acids is 1. The molecule has 0 bridgehead atoms. The number of carboxylic acids is 1. The highest BCUT2D eigenvalue weighted by Gasteiger charge is 2.12. The van der Waals surface area contributed by atoms with Crippen LogP contribution in [0.15, 0.2) is 17.5 Å². The smallest absolute Gasteiger partial charge is 0.317 e. The summed E-state index contributed by atoms with van der Waals surface area (Å²) < 4.78 is 0. The predicted molar refractivity (Wildman–Crippen MR) is 61.3 cm³/mol. The number of carbonyl (C=O) groups is 2. The maximum Gasteiger partial charge on any atom is 0.317 e. The molecule has 16 heavy (non-hydrogen) atoms. The second kappa shape index (κ2) is 6.24. The van der Waals surface area contributed by atoms with Gasteiger partial charge in [-0.2, -0.15) is 0 Å². The van der Waals surface area contributed by atoms with Crippen molar-refractivity contribution in [1.82, 2.24) is 4.90 Å². The van der Waals surface area contributed by atoms with Crippen molar-refractivity contribution in [2.45, 2.75) is 6.42 Å². The van der Waals surface area contributed by atoms with E-state index in [9.17, 15) is 9.59 Å². The van der Waals surface area contributed by atoms with Gasteiger partial charge >= 0.3 is 5.97 Å². The number of hydrogen-bond acceptors (Lipinski definition) is 4. The molecule has 0 aliphatic heterocycles. The van der Waals surface area contributed by atoms with Gasteiger partial charge in [0.15, 0.2) is 0 Å². The van der Waals surface area contributed by atoms with Crippen molar-refractivity contribution >= 4 is 23.2 Å². The predicted octanol–water partition coefficient (Wildman–Crippen LogP) is 0.162. The van der Waals surface area contributed by atoms with Crippen LogP contribution >= 0.6 is 11.3 Å². The molecule has 0 radical (unpaired) electrons. The van der Waals surface area contributed by atoms with E-state index >= 15 is 0 Å². The van der Waals surface area contributed by atoms with Gasteiger partial charge in [0, 0.05) is 11.4 Å². The lowest BCUT2D eigenvalue weighted by Gasteiger charge is -2.17. The third kappa shape index (κ3) is 4.90. The van der Waals surface area contributed by atoms with Crippen LogP contribution in [-0.4, -0.2) is 41.5 Å². The minimum atomic E-state index is -0.951. The molecule has 0 spiro atoms. The highest BCUT2D eigenvalue weighted by atomic mass is 32.1. The van der Waals surface area contributed by atoms with Crippen molar-refractivity contribution < 1.29 is 14.7 Å². The minimum absolute atomic E-state index is 0.0162. The summed E-state index contributed by atoms with van der Waals surface area (Å²) in [6.07, 6.45) is 0.734. The molecule has 0 aromatic carbocycles. The van der Waals surface area contributed by atoms with Gasteiger partial charge in [0.2, 0.25) is 5.91 Å². The molecular formula is C10H14N2O3S. The number of nitrogens with two attached hydrogens (primary N) is 1. The van der Waals surface area contributed by atoms with Crippen molar-refractivity contribution in [3.63, 3.8) is 0 Å². The first kappa shape index (κ1) is 12.7. The normalized spacial score (nSPS) is 10.6. The number of rotatable bonds is 7. The lowest BCUT2D eigenvalue weighted by molar-refractivity contribution is -0.138. The Morgan fingerprint density at radius 3 is 2.69 bits per heavy atom. The number of primary amides is 1. The first-order valence-electron chi connectivity index (χ1n) is 4.83. The topological polar surface area (TPSA) is 83.6 Å². The Morgan fingerprint density at radius 1 is 1.44 bits per heavy atom. The summed E-state index contributed by atoms with van der Waals surface area (Å²) >= 11 is 1.61. The van der Waals surface area contributed by atoms with E-state index in [-0.39, 0.29) is 13.1 Å². The lowest BCUT2D eigenvalue weighted by Crippen LogP contribution is -2.38. The fraction of sp³-hybridized carbons (Fsp3) is 0.400. The maximum absolute atomic E-state index is 10.7. The quantitative estimate of drug-likeness (QED) is 0.713. The summed E-state index contributed by atoms with van der Waals surface area (Å²) in [5.41, 5.74) is 5.05. The lowest BCUT2D eigenvalue weighted by atomic mass is 10.3. The van der Waals surface area contributed by atoms with Gasteiger partial charge < -0.3 is 10.8 Å². The number of carboxylic acid groups (broad SMARTS) is 1. The third-order valence-corrected chi connectivity index (χ3v) is 2.93. The molecule has 0 fully saturated rings. The molecule has 1 rings (SSSR count). The van der Waals surface area contributed by atoms with Crippen LogP contribution < -0.4 is 5.73 Å². The van der Waals surface area contributed by atoms with Gasteiger partial charge in [-0.25, -0.2) is 0 Å². The van der Waals surface area contributed by atoms with Crippen molar-refractivity contribution in [1.29, 1.82) is 0 Å². The molecule has 1 aromatic rings. The summed E-state index contributed by atoms with van der Waals surface area (Å²) in [6, 6.07) is 3.92. The average molecular weight is 242 g/mol. The maximum atomic E-state index is 10.7. The zero-order valence-electron chi connectivity index (χ0n) is 8.76. The van der Waals surface area contributed by atoms with Crippen LogP contribution in [0.4, 0.5) is 0 Å². The SMILES string of the molecule is NC(=O)CN(CCc1cccs1)CC(=O)O. The van der Waals surface area contributed by atoms with Crippen LogP contribution in [0.1, 0.15) is 4.88 Å². The molecule has 0 unspecified atom stereocenters. The Hall–Kier alpha value is -1.40. The highest BCUT2D eigenvalue weighted by molar-refractivity contribution is 7.09. The number of nitrogens with zero attached hydrogens (tertiary/aromatic N) is 1. The van der Waals surface area contributed by atoms with Crippen molar-refractivity contribution in [3.8, 4) is 0 Å². The molecule has 0 aliphatic rings. The molecule has 1 amide bonds. The molecule has 0 atom stereocenters. The molecule has 3 N–H and O–H groups in total. The van der Waals surface area contributed by atoms with E-state index in [1.807, 2.05) is 17.5 Å². The Morgan fingerprint density at radius 2 is 2.19 bits per heavy atom. The molecule has 1 aromatic heterocycles. The van der Waals surface area contributed by atoms with Crippen LogP contribution in [0.3, 0.4) is 0 Å². The molecule has 1 heterocycles. The van der Waals surface area contributed by atoms with Gasteiger partial charge in [0.1, 0.15) is 0 Å². The Bertz CT molecular complexity index is 335. The summed E-state index contributed by atoms with van der Waals surface area (Å²) in [5, 5.41) is 10.6. The van der Waals surface area contributed by atoms with E-state index in [1.54, 1.807) is 11.3 Å². The molecule has 0 saturated heterocycles. The fourth-order valence-electron chi connectivity index (χ4n) is 1.35. The van der Waals surface area contributed by atoms with Crippen LogP contribution in [-0.2, 0) is 16.0 Å². The molecule has 6 heteroatoms. The molecular weight excluding hydrogens is 228 g/mol. The molecule has 0 aliphatic carbocycles. The van der Waals surface area contributed by atoms with Gasteiger partial charge in [-0.3, -0.25) is 14.5 Å². The number of thiophene rings is 1. The van der Waals surface area contributed by atoms with Gasteiger partial charge in [-0.15, -0.1) is 11.3 Å². The summed E-state index contributed by atoms with van der Waals surface area (Å²) in [4.78, 5) is 24.0. The van der Waals surface area contributed by atoms with E-state index in [0.717, 1.165) is 6.42 Å². The van der Waals surface area contributed by atoms with E-state index in [4.69, 9.17) is 10.8 Å². The summed E-state index contributed by atoms with van der Waals surface area (Å²) in [5.74, 6) is -1.46. The van der Waals surface area contributed by atoms with Gasteiger partial charge in [-0.1, -0.05) is 6.07 Å². The monoisotopic (exact) mass is 242 g/mol. The minimum Gasteiger partial charge on any atom is -0.480 e. The average Bonchev–Trinajstić information content (AvgIpc) is 2.64. The van der Waals surface area contributed by atoms with Crippen molar-refractivity contribution in [2.24, 2.45) is 5.73 Å². The second-order valence-electron chi connectivity index (χ2n) is 3.40. The summed E-state index contributed by atoms with van der Waals surface area (Å²) in [7, 11) is 0. The first-order chi connectivity index (χ1) is 7.58. The zero-order valence-corrected chi connectivity index (χ0v) is 9.57.